The number of fused-ring (bicyclic) bond motifs is 3. The van der Waals surface area contributed by atoms with Gasteiger partial charge < -0.3 is 4.98 Å². The molecule has 1 atom stereocenters. The number of aryl methyl sites for hydroxylation is 1. The van der Waals surface area contributed by atoms with E-state index in [1.807, 2.05) is 30.3 Å². The van der Waals surface area contributed by atoms with Crippen molar-refractivity contribution >= 4 is 33.3 Å². The van der Waals surface area contributed by atoms with Gasteiger partial charge in [-0.3, -0.25) is 4.79 Å². The summed E-state index contributed by atoms with van der Waals surface area (Å²) >= 11 is 3.12. The van der Waals surface area contributed by atoms with Crippen LogP contribution >= 0.6 is 23.1 Å². The maximum Gasteiger partial charge on any atom is 0.259 e. The fourth-order valence-corrected chi connectivity index (χ4v) is 5.76. The first-order chi connectivity index (χ1) is 13.7. The second-order valence-electron chi connectivity index (χ2n) is 7.04. The number of H-pyrrole nitrogens is 1. The van der Waals surface area contributed by atoms with Gasteiger partial charge in [-0.2, -0.15) is 4.68 Å². The van der Waals surface area contributed by atoms with Crippen molar-refractivity contribution < 1.29 is 0 Å². The number of benzene rings is 1. The van der Waals surface area contributed by atoms with E-state index >= 15 is 0 Å². The number of aromatic nitrogens is 6. The number of aromatic amines is 1. The molecule has 0 radical (unpaired) electrons. The molecule has 1 aliphatic carbocycles. The van der Waals surface area contributed by atoms with E-state index in [2.05, 4.69) is 27.4 Å². The van der Waals surface area contributed by atoms with Crippen LogP contribution < -0.4 is 5.56 Å². The number of para-hydroxylation sites is 1. The molecule has 5 rings (SSSR count). The summed E-state index contributed by atoms with van der Waals surface area (Å²) in [6.45, 7) is 2.27. The van der Waals surface area contributed by atoms with Crippen LogP contribution in [0.3, 0.4) is 0 Å². The molecule has 0 saturated carbocycles. The summed E-state index contributed by atoms with van der Waals surface area (Å²) in [7, 11) is 0. The summed E-state index contributed by atoms with van der Waals surface area (Å²) in [6, 6.07) is 9.73. The molecular formula is C19H18N6OS2. The highest BCUT2D eigenvalue weighted by atomic mass is 32.2. The minimum Gasteiger partial charge on any atom is -0.309 e. The molecule has 7 nitrogen and oxygen atoms in total. The number of thioether (sulfide) groups is 1. The molecule has 0 spiro atoms. The van der Waals surface area contributed by atoms with Crippen LogP contribution in [0.4, 0.5) is 0 Å². The van der Waals surface area contributed by atoms with Gasteiger partial charge in [0.05, 0.1) is 16.8 Å². The van der Waals surface area contributed by atoms with Gasteiger partial charge in [-0.15, -0.1) is 16.4 Å². The van der Waals surface area contributed by atoms with Crippen LogP contribution in [-0.4, -0.2) is 30.2 Å². The van der Waals surface area contributed by atoms with E-state index in [9.17, 15) is 4.79 Å². The lowest BCUT2D eigenvalue weighted by Crippen LogP contribution is -2.14. The zero-order valence-corrected chi connectivity index (χ0v) is 16.9. The van der Waals surface area contributed by atoms with Crippen molar-refractivity contribution in [3.63, 3.8) is 0 Å². The standard InChI is InChI=1S/C19H18N6OS2/c1-11-7-8-13-14(9-11)28-18-16(13)17(26)20-15(21-18)10-27-19-22-23-24-25(19)12-5-3-2-4-6-12/h2-6,11H,7-10H2,1H3,(H,20,21,26)/t11-/m0/s1. The van der Waals surface area contributed by atoms with Gasteiger partial charge in [0.2, 0.25) is 5.16 Å². The van der Waals surface area contributed by atoms with E-state index in [1.54, 1.807) is 16.0 Å². The predicted octanol–water partition coefficient (Wildman–Crippen LogP) is 3.38. The zero-order valence-electron chi connectivity index (χ0n) is 15.3. The van der Waals surface area contributed by atoms with E-state index in [-0.39, 0.29) is 5.56 Å². The molecule has 4 aromatic rings. The number of hydrogen-bond acceptors (Lipinski definition) is 7. The molecule has 1 N–H and O–H groups in total. The maximum atomic E-state index is 12.7. The predicted molar refractivity (Wildman–Crippen MR) is 110 cm³/mol. The summed E-state index contributed by atoms with van der Waals surface area (Å²) in [4.78, 5) is 22.6. The molecule has 0 bridgehead atoms. The number of hydrogen-bond donors (Lipinski definition) is 1. The second-order valence-corrected chi connectivity index (χ2v) is 9.07. The minimum atomic E-state index is -0.0321. The lowest BCUT2D eigenvalue weighted by atomic mass is 9.89. The number of rotatable bonds is 4. The zero-order chi connectivity index (χ0) is 19.1. The molecule has 0 unspecified atom stereocenters. The molecule has 0 amide bonds. The fraction of sp³-hybridized carbons (Fsp3) is 0.316. The highest BCUT2D eigenvalue weighted by Crippen LogP contribution is 2.35. The Bertz CT molecular complexity index is 1200. The third-order valence-corrected chi connectivity index (χ3v) is 7.07. The van der Waals surface area contributed by atoms with Gasteiger partial charge in [-0.1, -0.05) is 36.9 Å². The molecule has 9 heteroatoms. The highest BCUT2D eigenvalue weighted by molar-refractivity contribution is 7.98. The molecular weight excluding hydrogens is 392 g/mol. The van der Waals surface area contributed by atoms with Crippen LogP contribution in [0.2, 0.25) is 0 Å². The van der Waals surface area contributed by atoms with E-state index in [1.165, 1.54) is 22.2 Å². The van der Waals surface area contributed by atoms with Crippen LogP contribution in [0.1, 0.15) is 29.6 Å². The van der Waals surface area contributed by atoms with Crippen molar-refractivity contribution in [2.24, 2.45) is 5.92 Å². The molecule has 0 saturated heterocycles. The average molecular weight is 411 g/mol. The van der Waals surface area contributed by atoms with Crippen molar-refractivity contribution in [2.75, 3.05) is 0 Å². The largest absolute Gasteiger partial charge is 0.309 e. The normalized spacial score (nSPS) is 16.4. The van der Waals surface area contributed by atoms with Crippen molar-refractivity contribution in [1.82, 2.24) is 30.2 Å². The van der Waals surface area contributed by atoms with Gasteiger partial charge in [0.1, 0.15) is 10.7 Å². The van der Waals surface area contributed by atoms with Crippen molar-refractivity contribution in [1.29, 1.82) is 0 Å². The first kappa shape index (κ1) is 17.6. The number of thiophene rings is 1. The average Bonchev–Trinajstić information content (AvgIpc) is 3.30. The summed E-state index contributed by atoms with van der Waals surface area (Å²) in [6.07, 6.45) is 3.16. The third kappa shape index (κ3) is 3.14. The smallest absolute Gasteiger partial charge is 0.259 e. The molecule has 0 aliphatic heterocycles. The Hall–Kier alpha value is -2.52. The lowest BCUT2D eigenvalue weighted by Gasteiger charge is -2.17. The van der Waals surface area contributed by atoms with E-state index in [0.717, 1.165) is 35.2 Å². The number of nitrogens with zero attached hydrogens (tertiary/aromatic N) is 5. The molecule has 1 aliphatic rings. The quantitative estimate of drug-likeness (QED) is 0.519. The van der Waals surface area contributed by atoms with Crippen LogP contribution in [0.15, 0.2) is 40.3 Å². The fourth-order valence-electron chi connectivity index (χ4n) is 3.59. The van der Waals surface area contributed by atoms with Crippen molar-refractivity contribution in [3.05, 3.63) is 57.0 Å². The van der Waals surface area contributed by atoms with E-state index in [0.29, 0.717) is 22.7 Å². The summed E-state index contributed by atoms with van der Waals surface area (Å²) in [5, 5.41) is 13.4. The Labute approximate surface area is 169 Å². The number of tetrazole rings is 1. The summed E-state index contributed by atoms with van der Waals surface area (Å²) < 4.78 is 1.69. The summed E-state index contributed by atoms with van der Waals surface area (Å²) in [5.74, 6) is 1.82. The Morgan fingerprint density at radius 1 is 1.32 bits per heavy atom. The minimum absolute atomic E-state index is 0.0321. The SMILES string of the molecule is C[C@H]1CCc2c(sc3nc(CSc4nnnn4-c4ccccc4)[nH]c(=O)c23)C1. The van der Waals surface area contributed by atoms with Crippen LogP contribution in [0.5, 0.6) is 0 Å². The molecule has 0 fully saturated rings. The molecule has 3 aromatic heterocycles. The topological polar surface area (TPSA) is 89.3 Å². The number of nitrogens with one attached hydrogen (secondary N) is 1. The molecule has 142 valence electrons. The Balaban J connectivity index is 1.43. The third-order valence-electron chi connectivity index (χ3n) is 4.99. The van der Waals surface area contributed by atoms with Crippen molar-refractivity contribution in [3.8, 4) is 5.69 Å². The molecule has 28 heavy (non-hydrogen) atoms. The monoisotopic (exact) mass is 410 g/mol. The highest BCUT2D eigenvalue weighted by Gasteiger charge is 2.23. The maximum absolute atomic E-state index is 12.7. The van der Waals surface area contributed by atoms with E-state index in [4.69, 9.17) is 4.98 Å². The lowest BCUT2D eigenvalue weighted by molar-refractivity contribution is 0.509. The first-order valence-corrected chi connectivity index (χ1v) is 11.0. The van der Waals surface area contributed by atoms with Gasteiger partial charge >= 0.3 is 0 Å². The van der Waals surface area contributed by atoms with E-state index < -0.39 is 0 Å². The van der Waals surface area contributed by atoms with Gasteiger partial charge in [-0.05, 0) is 53.3 Å². The van der Waals surface area contributed by atoms with Gasteiger partial charge in [0, 0.05) is 4.88 Å². The van der Waals surface area contributed by atoms with Crippen LogP contribution in [0, 0.1) is 5.92 Å². The molecule has 1 aromatic carbocycles. The summed E-state index contributed by atoms with van der Waals surface area (Å²) in [5.41, 5.74) is 2.07. The van der Waals surface area contributed by atoms with Crippen LogP contribution in [0.25, 0.3) is 15.9 Å². The first-order valence-electron chi connectivity index (χ1n) is 9.19. The molecule has 3 heterocycles. The van der Waals surface area contributed by atoms with Gasteiger partial charge in [-0.25, -0.2) is 4.98 Å². The van der Waals surface area contributed by atoms with Gasteiger partial charge in [0.15, 0.2) is 0 Å². The Morgan fingerprint density at radius 2 is 2.18 bits per heavy atom. The van der Waals surface area contributed by atoms with Gasteiger partial charge in [0.25, 0.3) is 5.56 Å². The Morgan fingerprint density at radius 3 is 3.04 bits per heavy atom. The van der Waals surface area contributed by atoms with Crippen molar-refractivity contribution in [2.45, 2.75) is 37.1 Å². The van der Waals surface area contributed by atoms with Crippen LogP contribution in [-0.2, 0) is 18.6 Å². The Kier molecular flexibility index (Phi) is 4.48. The second kappa shape index (κ2) is 7.14.